The van der Waals surface area contributed by atoms with Crippen LogP contribution in [-0.2, 0) is 18.3 Å². The number of fused-ring (bicyclic) bond motifs is 1. The van der Waals surface area contributed by atoms with Gasteiger partial charge in [0.05, 0.1) is 23.8 Å². The van der Waals surface area contributed by atoms with Gasteiger partial charge in [-0.1, -0.05) is 0 Å². The van der Waals surface area contributed by atoms with E-state index in [4.69, 9.17) is 4.74 Å². The van der Waals surface area contributed by atoms with Crippen LogP contribution < -0.4 is 10.6 Å². The summed E-state index contributed by atoms with van der Waals surface area (Å²) in [5.41, 5.74) is 1.80. The number of rotatable bonds is 8. The molecular weight excluding hydrogens is 517 g/mol. The Bertz CT molecular complexity index is 974. The fraction of sp³-hybridized carbons (Fsp3) is 0.500. The number of ether oxygens (including phenoxy) is 1. The van der Waals surface area contributed by atoms with Gasteiger partial charge in [-0.3, -0.25) is 9.67 Å². The molecule has 3 aromatic rings. The summed E-state index contributed by atoms with van der Waals surface area (Å²) in [6.07, 6.45) is 3.32. The van der Waals surface area contributed by atoms with Gasteiger partial charge in [0.2, 0.25) is 0 Å². The average molecular weight is 545 g/mol. The molecule has 1 atom stereocenters. The molecular formula is C18H28IN9OS. The van der Waals surface area contributed by atoms with Gasteiger partial charge in [-0.15, -0.1) is 35.3 Å². The van der Waals surface area contributed by atoms with Gasteiger partial charge in [0.15, 0.2) is 11.6 Å². The van der Waals surface area contributed by atoms with Crippen molar-refractivity contribution in [3.63, 3.8) is 0 Å². The lowest BCUT2D eigenvalue weighted by Gasteiger charge is -2.21. The van der Waals surface area contributed by atoms with Gasteiger partial charge in [-0.05, 0) is 6.92 Å². The molecule has 0 aliphatic heterocycles. The van der Waals surface area contributed by atoms with Gasteiger partial charge in [0.1, 0.15) is 23.3 Å². The Balaban J connectivity index is 0.00000320. The molecule has 0 fully saturated rings. The van der Waals surface area contributed by atoms with Gasteiger partial charge in [-0.2, -0.15) is 5.10 Å². The highest BCUT2D eigenvalue weighted by atomic mass is 127. The van der Waals surface area contributed by atoms with Crippen LogP contribution in [0.15, 0.2) is 22.9 Å². The number of guanidine groups is 1. The van der Waals surface area contributed by atoms with Crippen LogP contribution in [0.3, 0.4) is 0 Å². The summed E-state index contributed by atoms with van der Waals surface area (Å²) < 4.78 is 7.06. The Kier molecular flexibility index (Phi) is 9.17. The van der Waals surface area contributed by atoms with Gasteiger partial charge in [-0.25, -0.2) is 15.0 Å². The van der Waals surface area contributed by atoms with Gasteiger partial charge >= 0.3 is 0 Å². The zero-order valence-corrected chi connectivity index (χ0v) is 20.9. The van der Waals surface area contributed by atoms with Crippen LogP contribution in [0.25, 0.3) is 11.0 Å². The zero-order valence-electron chi connectivity index (χ0n) is 17.8. The number of hydrogen-bond acceptors (Lipinski definition) is 8. The second kappa shape index (κ2) is 11.4. The first kappa shape index (κ1) is 24.2. The molecule has 2 N–H and O–H groups in total. The number of aryl methyl sites for hydroxylation is 1. The third-order valence-electron chi connectivity index (χ3n) is 4.47. The van der Waals surface area contributed by atoms with Crippen LogP contribution in [0.4, 0.5) is 5.82 Å². The lowest BCUT2D eigenvalue weighted by Crippen LogP contribution is -2.40. The lowest BCUT2D eigenvalue weighted by molar-refractivity contribution is 0.119. The topological polar surface area (TPSA) is 105 Å². The summed E-state index contributed by atoms with van der Waals surface area (Å²) in [5.74, 6) is 1.57. The Morgan fingerprint density at radius 3 is 2.90 bits per heavy atom. The van der Waals surface area contributed by atoms with E-state index in [2.05, 4.69) is 41.1 Å². The summed E-state index contributed by atoms with van der Waals surface area (Å²) >= 11 is 1.61. The molecule has 30 heavy (non-hydrogen) atoms. The molecule has 0 saturated heterocycles. The van der Waals surface area contributed by atoms with Gasteiger partial charge < -0.3 is 20.3 Å². The van der Waals surface area contributed by atoms with E-state index < -0.39 is 0 Å². The van der Waals surface area contributed by atoms with Crippen molar-refractivity contribution < 1.29 is 4.74 Å². The first-order valence-electron chi connectivity index (χ1n) is 9.29. The molecule has 12 heteroatoms. The number of nitrogens with zero attached hydrogens (tertiary/aromatic N) is 7. The molecule has 0 radical (unpaired) electrons. The standard InChI is InChI=1S/C18H27N9OS.HI/c1-12(28-5)17-25-13(10-29-17)9-26(3)18(19-2)21-7-6-20-15-14-8-24-27(4)16(14)23-11-22-15;/h8,10-12H,6-7,9H2,1-5H3,(H,19,21)(H,20,22,23);1H. The first-order chi connectivity index (χ1) is 14.0. The van der Waals surface area contributed by atoms with Crippen molar-refractivity contribution in [2.24, 2.45) is 12.0 Å². The molecule has 0 aromatic carbocycles. The summed E-state index contributed by atoms with van der Waals surface area (Å²) in [6.45, 7) is 4.03. The summed E-state index contributed by atoms with van der Waals surface area (Å²) in [7, 11) is 7.32. The van der Waals surface area contributed by atoms with Crippen LogP contribution in [-0.4, -0.2) is 69.9 Å². The third kappa shape index (κ3) is 5.76. The lowest BCUT2D eigenvalue weighted by atomic mass is 10.4. The van der Waals surface area contributed by atoms with Crippen molar-refractivity contribution >= 4 is 58.1 Å². The molecule has 10 nitrogen and oxygen atoms in total. The molecule has 0 aliphatic carbocycles. The minimum absolute atomic E-state index is 0. The predicted octanol–water partition coefficient (Wildman–Crippen LogP) is 2.26. The van der Waals surface area contributed by atoms with Crippen LogP contribution in [0.2, 0.25) is 0 Å². The minimum atomic E-state index is 0. The quantitative estimate of drug-likeness (QED) is 0.192. The van der Waals surface area contributed by atoms with Crippen molar-refractivity contribution in [1.82, 2.24) is 34.9 Å². The van der Waals surface area contributed by atoms with E-state index in [1.54, 1.807) is 42.7 Å². The SMILES string of the molecule is CN=C(NCCNc1ncnc2c1cnn2C)N(C)Cc1csc(C(C)OC)n1.I. The summed E-state index contributed by atoms with van der Waals surface area (Å²) in [4.78, 5) is 19.6. The number of thiazole rings is 1. The Morgan fingerprint density at radius 2 is 2.17 bits per heavy atom. The highest BCUT2D eigenvalue weighted by Gasteiger charge is 2.13. The van der Waals surface area contributed by atoms with Crippen molar-refractivity contribution in [1.29, 1.82) is 0 Å². The molecule has 0 aliphatic rings. The van der Waals surface area contributed by atoms with E-state index in [9.17, 15) is 0 Å². The molecule has 164 valence electrons. The third-order valence-corrected chi connectivity index (χ3v) is 5.53. The zero-order chi connectivity index (χ0) is 20.8. The number of hydrogen-bond donors (Lipinski definition) is 2. The van der Waals surface area contributed by atoms with E-state index >= 15 is 0 Å². The van der Waals surface area contributed by atoms with E-state index in [1.807, 2.05) is 25.9 Å². The molecule has 3 aromatic heterocycles. The Labute approximate surface area is 197 Å². The van der Waals surface area contributed by atoms with Gasteiger partial charge in [0, 0.05) is 46.7 Å². The molecule has 3 heterocycles. The monoisotopic (exact) mass is 545 g/mol. The fourth-order valence-electron chi connectivity index (χ4n) is 2.84. The largest absolute Gasteiger partial charge is 0.375 e. The molecule has 0 spiro atoms. The minimum Gasteiger partial charge on any atom is -0.375 e. The van der Waals surface area contributed by atoms with Crippen molar-refractivity contribution in [3.8, 4) is 0 Å². The maximum absolute atomic E-state index is 5.33. The summed E-state index contributed by atoms with van der Waals surface area (Å²) in [6, 6.07) is 0. The maximum Gasteiger partial charge on any atom is 0.193 e. The van der Waals surface area contributed by atoms with Crippen LogP contribution in [0.5, 0.6) is 0 Å². The number of halogens is 1. The fourth-order valence-corrected chi connectivity index (χ4v) is 3.69. The second-order valence-corrected chi connectivity index (χ2v) is 7.43. The van der Waals surface area contributed by atoms with Crippen molar-refractivity contribution in [2.75, 3.05) is 39.6 Å². The van der Waals surface area contributed by atoms with Crippen LogP contribution in [0, 0.1) is 0 Å². The normalized spacial score (nSPS) is 12.5. The average Bonchev–Trinajstić information content (AvgIpc) is 3.35. The van der Waals surface area contributed by atoms with Gasteiger partial charge in [0.25, 0.3) is 0 Å². The number of aromatic nitrogens is 5. The molecule has 1 unspecified atom stereocenters. The highest BCUT2D eigenvalue weighted by Crippen LogP contribution is 2.21. The van der Waals surface area contributed by atoms with E-state index in [1.165, 1.54) is 0 Å². The first-order valence-corrected chi connectivity index (χ1v) is 10.2. The molecule has 0 bridgehead atoms. The summed E-state index contributed by atoms with van der Waals surface area (Å²) in [5, 5.41) is 14.9. The maximum atomic E-state index is 5.33. The molecule has 0 saturated carbocycles. The molecule has 0 amide bonds. The number of nitrogens with one attached hydrogen (secondary N) is 2. The van der Waals surface area contributed by atoms with Crippen molar-refractivity contribution in [3.05, 3.63) is 28.6 Å². The van der Waals surface area contributed by atoms with Crippen LogP contribution in [0.1, 0.15) is 23.7 Å². The van der Waals surface area contributed by atoms with E-state index in [0.717, 1.165) is 33.5 Å². The molecule has 3 rings (SSSR count). The number of anilines is 1. The highest BCUT2D eigenvalue weighted by molar-refractivity contribution is 14.0. The Hall–Kier alpha value is -2.06. The number of methoxy groups -OCH3 is 1. The van der Waals surface area contributed by atoms with Crippen LogP contribution >= 0.6 is 35.3 Å². The van der Waals surface area contributed by atoms with E-state index in [-0.39, 0.29) is 30.1 Å². The smallest absolute Gasteiger partial charge is 0.193 e. The second-order valence-electron chi connectivity index (χ2n) is 6.54. The Morgan fingerprint density at radius 1 is 1.37 bits per heavy atom. The van der Waals surface area contributed by atoms with E-state index in [0.29, 0.717) is 19.6 Å². The number of aliphatic imine (C=N–C) groups is 1. The predicted molar refractivity (Wildman–Crippen MR) is 131 cm³/mol. The van der Waals surface area contributed by atoms with Crippen molar-refractivity contribution in [2.45, 2.75) is 19.6 Å².